The summed E-state index contributed by atoms with van der Waals surface area (Å²) in [5.41, 5.74) is 0.973. The smallest absolute Gasteiger partial charge is 0.326 e. The second kappa shape index (κ2) is 8.24. The van der Waals surface area contributed by atoms with Gasteiger partial charge in [-0.25, -0.2) is 14.2 Å². The molecule has 0 aliphatic heterocycles. The van der Waals surface area contributed by atoms with Crippen LogP contribution in [0, 0.1) is 5.82 Å². The summed E-state index contributed by atoms with van der Waals surface area (Å²) in [6.07, 6.45) is 3.21. The van der Waals surface area contributed by atoms with Crippen molar-refractivity contribution in [2.75, 3.05) is 0 Å². The number of hydrogen-bond acceptors (Lipinski definition) is 4. The maximum Gasteiger partial charge on any atom is 0.326 e. The Balaban J connectivity index is 1.97. The summed E-state index contributed by atoms with van der Waals surface area (Å²) in [6.45, 7) is 1.95. The first-order valence-electron chi connectivity index (χ1n) is 7.72. The fraction of sp³-hybridized carbons (Fsp3) is 0.353. The van der Waals surface area contributed by atoms with Gasteiger partial charge in [0, 0.05) is 5.56 Å². The van der Waals surface area contributed by atoms with Crippen LogP contribution in [0.25, 0.3) is 11.5 Å². The number of hydrogen-bond donors (Lipinski definition) is 2. The van der Waals surface area contributed by atoms with E-state index in [1.165, 1.54) is 30.5 Å². The topological polar surface area (TPSA) is 92.4 Å². The minimum absolute atomic E-state index is 0.0827. The van der Waals surface area contributed by atoms with Crippen LogP contribution >= 0.6 is 0 Å². The lowest BCUT2D eigenvalue weighted by molar-refractivity contribution is -0.142. The maximum atomic E-state index is 12.9. The van der Waals surface area contributed by atoms with E-state index in [9.17, 15) is 14.0 Å². The lowest BCUT2D eigenvalue weighted by Crippen LogP contribution is -2.41. The van der Waals surface area contributed by atoms with Gasteiger partial charge in [-0.3, -0.25) is 4.79 Å². The number of oxazole rings is 1. The van der Waals surface area contributed by atoms with Gasteiger partial charge in [-0.05, 0) is 30.7 Å². The molecule has 0 radical (unpaired) electrons. The number of carboxylic acids is 1. The second-order valence-electron chi connectivity index (χ2n) is 5.43. The summed E-state index contributed by atoms with van der Waals surface area (Å²) in [4.78, 5) is 27.3. The monoisotopic (exact) mass is 334 g/mol. The summed E-state index contributed by atoms with van der Waals surface area (Å²) < 4.78 is 18.2. The summed E-state index contributed by atoms with van der Waals surface area (Å²) in [7, 11) is 0. The zero-order valence-electron chi connectivity index (χ0n) is 13.3. The number of halogens is 1. The van der Waals surface area contributed by atoms with Crippen LogP contribution in [0.1, 0.15) is 31.9 Å². The van der Waals surface area contributed by atoms with E-state index in [2.05, 4.69) is 10.3 Å². The lowest BCUT2D eigenvalue weighted by atomic mass is 10.1. The van der Waals surface area contributed by atoms with E-state index in [1.54, 1.807) is 0 Å². The molecule has 0 bridgehead atoms. The van der Waals surface area contributed by atoms with Gasteiger partial charge < -0.3 is 14.8 Å². The molecule has 1 aromatic heterocycles. The standard InChI is InChI=1S/C17H19FN2O4/c1-2-3-4-14(17(22)23)20-15(21)9-13-10-24-16(19-13)11-5-7-12(18)8-6-11/h5-8,10,14H,2-4,9H2,1H3,(H,20,21)(H,22,23). The third kappa shape index (κ3) is 4.91. The van der Waals surface area contributed by atoms with Crippen LogP contribution < -0.4 is 5.32 Å². The summed E-state index contributed by atoms with van der Waals surface area (Å²) in [5, 5.41) is 11.6. The van der Waals surface area contributed by atoms with Crippen molar-refractivity contribution in [3.05, 3.63) is 42.0 Å². The normalized spacial score (nSPS) is 11.9. The maximum absolute atomic E-state index is 12.9. The molecule has 0 aliphatic rings. The van der Waals surface area contributed by atoms with Crippen LogP contribution in [-0.2, 0) is 16.0 Å². The van der Waals surface area contributed by atoms with Gasteiger partial charge in [0.25, 0.3) is 0 Å². The van der Waals surface area contributed by atoms with Gasteiger partial charge in [0.05, 0.1) is 12.1 Å². The Morgan fingerprint density at radius 3 is 2.67 bits per heavy atom. The van der Waals surface area contributed by atoms with Crippen molar-refractivity contribution in [2.24, 2.45) is 0 Å². The molecule has 1 heterocycles. The molecule has 1 atom stereocenters. The van der Waals surface area contributed by atoms with E-state index in [4.69, 9.17) is 9.52 Å². The number of benzene rings is 1. The van der Waals surface area contributed by atoms with Gasteiger partial charge in [-0.1, -0.05) is 19.8 Å². The molecule has 1 aromatic carbocycles. The predicted octanol–water partition coefficient (Wildman–Crippen LogP) is 2.78. The van der Waals surface area contributed by atoms with E-state index in [0.717, 1.165) is 12.8 Å². The zero-order valence-corrected chi connectivity index (χ0v) is 13.3. The van der Waals surface area contributed by atoms with Crippen molar-refractivity contribution in [3.8, 4) is 11.5 Å². The lowest BCUT2D eigenvalue weighted by Gasteiger charge is -2.13. The van der Waals surface area contributed by atoms with E-state index in [1.807, 2.05) is 6.92 Å². The Labute approximate surface area is 138 Å². The number of carboxylic acid groups (broad SMARTS) is 1. The molecule has 1 unspecified atom stereocenters. The Kier molecular flexibility index (Phi) is 6.06. The third-order valence-corrected chi connectivity index (χ3v) is 3.46. The molecule has 2 aromatic rings. The van der Waals surface area contributed by atoms with Crippen molar-refractivity contribution in [2.45, 2.75) is 38.6 Å². The minimum atomic E-state index is -1.05. The van der Waals surface area contributed by atoms with Crippen LogP contribution in [0.5, 0.6) is 0 Å². The van der Waals surface area contributed by atoms with E-state index >= 15 is 0 Å². The van der Waals surface area contributed by atoms with Crippen molar-refractivity contribution in [1.82, 2.24) is 10.3 Å². The Morgan fingerprint density at radius 2 is 2.04 bits per heavy atom. The quantitative estimate of drug-likeness (QED) is 0.774. The molecule has 7 heteroatoms. The molecule has 0 saturated carbocycles. The average molecular weight is 334 g/mol. The SMILES string of the molecule is CCCCC(NC(=O)Cc1coc(-c2ccc(F)cc2)n1)C(=O)O. The fourth-order valence-corrected chi connectivity index (χ4v) is 2.19. The molecule has 0 aliphatic carbocycles. The fourth-order valence-electron chi connectivity index (χ4n) is 2.19. The number of carbonyl (C=O) groups is 2. The number of nitrogens with one attached hydrogen (secondary N) is 1. The Hall–Kier alpha value is -2.70. The highest BCUT2D eigenvalue weighted by molar-refractivity contribution is 5.84. The number of amides is 1. The summed E-state index contributed by atoms with van der Waals surface area (Å²) >= 11 is 0. The van der Waals surface area contributed by atoms with Crippen LogP contribution in [-0.4, -0.2) is 28.0 Å². The van der Waals surface area contributed by atoms with E-state index in [-0.39, 0.29) is 18.1 Å². The minimum Gasteiger partial charge on any atom is -0.480 e. The van der Waals surface area contributed by atoms with Crippen LogP contribution in [0.15, 0.2) is 34.9 Å². The van der Waals surface area contributed by atoms with Gasteiger partial charge in [-0.15, -0.1) is 0 Å². The molecule has 2 rings (SSSR count). The molecule has 2 N–H and O–H groups in total. The molecule has 6 nitrogen and oxygen atoms in total. The first-order valence-corrected chi connectivity index (χ1v) is 7.72. The number of nitrogens with zero attached hydrogens (tertiary/aromatic N) is 1. The molecule has 24 heavy (non-hydrogen) atoms. The molecule has 0 spiro atoms. The summed E-state index contributed by atoms with van der Waals surface area (Å²) in [6, 6.07) is 4.72. The molecule has 0 saturated heterocycles. The van der Waals surface area contributed by atoms with Crippen molar-refractivity contribution < 1.29 is 23.5 Å². The molecule has 1 amide bonds. The number of rotatable bonds is 8. The van der Waals surface area contributed by atoms with Crippen LogP contribution in [0.3, 0.4) is 0 Å². The number of unbranched alkanes of at least 4 members (excludes halogenated alkanes) is 1. The number of carbonyl (C=O) groups excluding carboxylic acids is 1. The number of aliphatic carboxylic acids is 1. The van der Waals surface area contributed by atoms with Gasteiger partial charge in [0.15, 0.2) is 0 Å². The zero-order chi connectivity index (χ0) is 17.5. The highest BCUT2D eigenvalue weighted by Crippen LogP contribution is 2.19. The van der Waals surface area contributed by atoms with Gasteiger partial charge >= 0.3 is 5.97 Å². The molecular formula is C17H19FN2O4. The number of aromatic nitrogens is 1. The largest absolute Gasteiger partial charge is 0.480 e. The third-order valence-electron chi connectivity index (χ3n) is 3.46. The highest BCUT2D eigenvalue weighted by Gasteiger charge is 2.20. The van der Waals surface area contributed by atoms with Crippen LogP contribution in [0.2, 0.25) is 0 Å². The van der Waals surface area contributed by atoms with Gasteiger partial charge in [-0.2, -0.15) is 0 Å². The first kappa shape index (κ1) is 17.7. The molecule has 0 fully saturated rings. The van der Waals surface area contributed by atoms with Gasteiger partial charge in [0.2, 0.25) is 11.8 Å². The van der Waals surface area contributed by atoms with Crippen molar-refractivity contribution >= 4 is 11.9 Å². The van der Waals surface area contributed by atoms with Crippen LogP contribution in [0.4, 0.5) is 4.39 Å². The Morgan fingerprint density at radius 1 is 1.33 bits per heavy atom. The average Bonchev–Trinajstić information content (AvgIpc) is 3.00. The van der Waals surface area contributed by atoms with Crippen molar-refractivity contribution in [1.29, 1.82) is 0 Å². The predicted molar refractivity (Wildman–Crippen MR) is 84.7 cm³/mol. The second-order valence-corrected chi connectivity index (χ2v) is 5.43. The Bertz CT molecular complexity index is 697. The van der Waals surface area contributed by atoms with Crippen molar-refractivity contribution in [3.63, 3.8) is 0 Å². The first-order chi connectivity index (χ1) is 11.5. The van der Waals surface area contributed by atoms with E-state index < -0.39 is 17.9 Å². The molecule has 128 valence electrons. The highest BCUT2D eigenvalue weighted by atomic mass is 19.1. The summed E-state index contributed by atoms with van der Waals surface area (Å²) in [5.74, 6) is -1.57. The van der Waals surface area contributed by atoms with E-state index in [0.29, 0.717) is 17.7 Å². The molecular weight excluding hydrogens is 315 g/mol. The van der Waals surface area contributed by atoms with Gasteiger partial charge in [0.1, 0.15) is 18.1 Å².